The summed E-state index contributed by atoms with van der Waals surface area (Å²) in [5.41, 5.74) is 0.675. The number of hydrogen-bond acceptors (Lipinski definition) is 1. The van der Waals surface area contributed by atoms with Gasteiger partial charge in [-0.05, 0) is 6.07 Å². The first-order valence-electron chi connectivity index (χ1n) is 4.68. The first-order chi connectivity index (χ1) is 7.28. The van der Waals surface area contributed by atoms with Gasteiger partial charge in [0.05, 0.1) is 7.05 Å². The zero-order chi connectivity index (χ0) is 10.7. The number of aryl methyl sites for hydroxylation is 1. The molecule has 15 heavy (non-hydrogen) atoms. The number of rotatable bonds is 2. The molecule has 0 aliphatic heterocycles. The van der Waals surface area contributed by atoms with E-state index in [2.05, 4.69) is 6.07 Å². The molecule has 0 N–H and O–H groups in total. The van der Waals surface area contributed by atoms with Crippen molar-refractivity contribution >= 4 is 0 Å². The molecule has 0 atom stereocenters. The Hall–Kier alpha value is -2.15. The van der Waals surface area contributed by atoms with Crippen LogP contribution in [0.2, 0.25) is 0 Å². The minimum absolute atomic E-state index is 0.675. The van der Waals surface area contributed by atoms with Gasteiger partial charge >= 0.3 is 0 Å². The van der Waals surface area contributed by atoms with Crippen molar-refractivity contribution in [3.63, 3.8) is 0 Å². The first-order valence-corrected chi connectivity index (χ1v) is 4.68. The molecule has 0 bridgehead atoms. The van der Waals surface area contributed by atoms with E-state index in [0.717, 1.165) is 6.67 Å². The van der Waals surface area contributed by atoms with Crippen molar-refractivity contribution in [1.29, 1.82) is 5.26 Å². The van der Waals surface area contributed by atoms with E-state index in [-0.39, 0.29) is 0 Å². The summed E-state index contributed by atoms with van der Waals surface area (Å²) in [5, 5.41) is 8.76. The molecule has 0 aliphatic rings. The van der Waals surface area contributed by atoms with Gasteiger partial charge in [-0.2, -0.15) is 14.4 Å². The molecule has 0 saturated heterocycles. The van der Waals surface area contributed by atoms with E-state index in [0.29, 0.717) is 5.56 Å². The van der Waals surface area contributed by atoms with E-state index in [1.165, 1.54) is 0 Å². The normalized spacial score (nSPS) is 9.87. The molecule has 2 rings (SSSR count). The van der Waals surface area contributed by atoms with E-state index in [4.69, 9.17) is 5.26 Å². The number of pyridine rings is 1. The Labute approximate surface area is 88.3 Å². The summed E-state index contributed by atoms with van der Waals surface area (Å²) in [6, 6.07) is 5.80. The third kappa shape index (κ3) is 2.20. The molecule has 0 saturated carbocycles. The van der Waals surface area contributed by atoms with Crippen LogP contribution in [0.4, 0.5) is 0 Å². The van der Waals surface area contributed by atoms with Crippen LogP contribution < -0.4 is 9.13 Å². The van der Waals surface area contributed by atoms with E-state index < -0.39 is 0 Å². The average molecular weight is 200 g/mol. The highest BCUT2D eigenvalue weighted by atomic mass is 15.2. The molecular weight excluding hydrogens is 188 g/mol. The number of nitrogens with zero attached hydrogens (tertiary/aromatic N) is 4. The second-order valence-corrected chi connectivity index (χ2v) is 3.45. The Bertz CT molecular complexity index is 507. The number of imidazole rings is 1. The second-order valence-electron chi connectivity index (χ2n) is 3.45. The highest BCUT2D eigenvalue weighted by Gasteiger charge is 2.07. The lowest BCUT2D eigenvalue weighted by Gasteiger charge is -1.92. The van der Waals surface area contributed by atoms with Crippen LogP contribution >= 0.6 is 0 Å². The standard InChI is InChI=1S/C11H12N4/c1-13-5-6-15(9-13)10-14-4-2-3-11(7-12)8-14/h2-6,8-9H,10H2,1H3/q+2. The van der Waals surface area contributed by atoms with Crippen LogP contribution in [-0.4, -0.2) is 4.57 Å². The van der Waals surface area contributed by atoms with E-state index in [1.807, 2.05) is 57.9 Å². The minimum Gasteiger partial charge on any atom is -0.239 e. The summed E-state index contributed by atoms with van der Waals surface area (Å²) in [7, 11) is 1.98. The average Bonchev–Trinajstić information content (AvgIpc) is 2.64. The van der Waals surface area contributed by atoms with Crippen molar-refractivity contribution in [2.24, 2.45) is 7.05 Å². The Morgan fingerprint density at radius 2 is 2.33 bits per heavy atom. The van der Waals surface area contributed by atoms with Gasteiger partial charge in [0.2, 0.25) is 6.33 Å². The van der Waals surface area contributed by atoms with Gasteiger partial charge in [0.25, 0.3) is 6.67 Å². The monoisotopic (exact) mass is 200 g/mol. The maximum atomic E-state index is 8.76. The summed E-state index contributed by atoms with van der Waals surface area (Å²) >= 11 is 0. The molecule has 2 heterocycles. The van der Waals surface area contributed by atoms with E-state index in [1.54, 1.807) is 6.07 Å². The van der Waals surface area contributed by atoms with E-state index >= 15 is 0 Å². The third-order valence-corrected chi connectivity index (χ3v) is 2.14. The summed E-state index contributed by atoms with van der Waals surface area (Å²) in [5.74, 6) is 0. The molecule has 0 amide bonds. The molecule has 0 radical (unpaired) electrons. The first kappa shape index (κ1) is 9.41. The molecule has 0 fully saturated rings. The van der Waals surface area contributed by atoms with Gasteiger partial charge in [-0.15, -0.1) is 0 Å². The number of nitriles is 1. The molecule has 2 aromatic heterocycles. The fraction of sp³-hybridized carbons (Fsp3) is 0.182. The highest BCUT2D eigenvalue weighted by molar-refractivity contribution is 5.21. The second kappa shape index (κ2) is 3.93. The number of aromatic nitrogens is 3. The van der Waals surface area contributed by atoms with Gasteiger partial charge in [0.15, 0.2) is 12.4 Å². The van der Waals surface area contributed by atoms with Gasteiger partial charge in [-0.1, -0.05) is 0 Å². The van der Waals surface area contributed by atoms with Crippen molar-refractivity contribution in [2.75, 3.05) is 0 Å². The van der Waals surface area contributed by atoms with Gasteiger partial charge in [-0.3, -0.25) is 0 Å². The van der Waals surface area contributed by atoms with Crippen LogP contribution in [0.5, 0.6) is 0 Å². The molecule has 4 nitrogen and oxygen atoms in total. The van der Waals surface area contributed by atoms with Crippen molar-refractivity contribution in [2.45, 2.75) is 6.67 Å². The topological polar surface area (TPSA) is 36.5 Å². The predicted molar refractivity (Wildman–Crippen MR) is 52.4 cm³/mol. The van der Waals surface area contributed by atoms with Gasteiger partial charge in [-0.25, -0.2) is 4.57 Å². The fourth-order valence-corrected chi connectivity index (χ4v) is 1.45. The summed E-state index contributed by atoms with van der Waals surface area (Å²) in [6.45, 7) is 0.719. The minimum atomic E-state index is 0.675. The zero-order valence-electron chi connectivity index (χ0n) is 8.54. The maximum Gasteiger partial charge on any atom is 0.289 e. The molecule has 0 aliphatic carbocycles. The Balaban J connectivity index is 2.21. The molecule has 0 spiro atoms. The molecular formula is C11H12N4+2. The van der Waals surface area contributed by atoms with Crippen LogP contribution in [0.1, 0.15) is 5.56 Å². The maximum absolute atomic E-state index is 8.76. The summed E-state index contributed by atoms with van der Waals surface area (Å²) in [4.78, 5) is 0. The smallest absolute Gasteiger partial charge is 0.239 e. The van der Waals surface area contributed by atoms with Crippen molar-refractivity contribution in [3.05, 3.63) is 48.8 Å². The number of hydrogen-bond donors (Lipinski definition) is 0. The predicted octanol–water partition coefficient (Wildman–Crippen LogP) is -0.0224. The summed E-state index contributed by atoms with van der Waals surface area (Å²) in [6.07, 6.45) is 9.74. The molecule has 2 aromatic rings. The van der Waals surface area contributed by atoms with Crippen LogP contribution in [0, 0.1) is 11.3 Å². The van der Waals surface area contributed by atoms with Crippen LogP contribution in [0.15, 0.2) is 43.2 Å². The van der Waals surface area contributed by atoms with Gasteiger partial charge in [0, 0.05) is 6.07 Å². The summed E-state index contributed by atoms with van der Waals surface area (Å²) < 4.78 is 5.99. The van der Waals surface area contributed by atoms with Crippen molar-refractivity contribution in [1.82, 2.24) is 4.57 Å². The van der Waals surface area contributed by atoms with Gasteiger partial charge < -0.3 is 0 Å². The Kier molecular flexibility index (Phi) is 2.46. The largest absolute Gasteiger partial charge is 0.289 e. The quantitative estimate of drug-likeness (QED) is 0.627. The molecule has 0 unspecified atom stereocenters. The molecule has 0 aromatic carbocycles. The van der Waals surface area contributed by atoms with E-state index in [9.17, 15) is 0 Å². The van der Waals surface area contributed by atoms with Crippen LogP contribution in [0.25, 0.3) is 0 Å². The molecule has 4 heteroatoms. The Morgan fingerprint density at radius 3 is 3.00 bits per heavy atom. The van der Waals surface area contributed by atoms with Gasteiger partial charge in [0.1, 0.15) is 24.0 Å². The van der Waals surface area contributed by atoms with Crippen LogP contribution in [-0.2, 0) is 13.7 Å². The van der Waals surface area contributed by atoms with Crippen molar-refractivity contribution in [3.8, 4) is 6.07 Å². The van der Waals surface area contributed by atoms with Crippen molar-refractivity contribution < 1.29 is 9.13 Å². The molecule has 74 valence electrons. The third-order valence-electron chi connectivity index (χ3n) is 2.14. The lowest BCUT2D eigenvalue weighted by molar-refractivity contribution is -0.707. The highest BCUT2D eigenvalue weighted by Crippen LogP contribution is 1.90. The van der Waals surface area contributed by atoms with Crippen LogP contribution in [0.3, 0.4) is 0 Å². The Morgan fingerprint density at radius 1 is 1.47 bits per heavy atom. The zero-order valence-corrected chi connectivity index (χ0v) is 8.54. The SMILES string of the molecule is C[n+]1ccn(C[n+]2cccc(C#N)c2)c1. The lowest BCUT2D eigenvalue weighted by atomic mass is 10.3. The lowest BCUT2D eigenvalue weighted by Crippen LogP contribution is -2.37. The fourth-order valence-electron chi connectivity index (χ4n) is 1.45.